The molecule has 59 heavy (non-hydrogen) atoms. The van der Waals surface area contributed by atoms with E-state index in [4.69, 9.17) is 0 Å². The van der Waals surface area contributed by atoms with Crippen molar-refractivity contribution >= 4 is 56.3 Å². The third-order valence-corrected chi connectivity index (χ3v) is 13.1. The molecule has 0 aliphatic carbocycles. The van der Waals surface area contributed by atoms with E-state index < -0.39 is 0 Å². The van der Waals surface area contributed by atoms with Crippen LogP contribution < -0.4 is 10.2 Å². The van der Waals surface area contributed by atoms with E-state index in [1.807, 2.05) is 0 Å². The van der Waals surface area contributed by atoms with Gasteiger partial charge in [0.1, 0.15) is 0 Å². The van der Waals surface area contributed by atoms with Crippen molar-refractivity contribution in [1.29, 1.82) is 0 Å². The molecule has 2 aliphatic heterocycles. The number of rotatable bonds is 5. The third-order valence-electron chi connectivity index (χ3n) is 13.1. The Kier molecular flexibility index (Phi) is 7.71. The molecule has 0 amide bonds. The minimum absolute atomic E-state index is 0.197. The van der Waals surface area contributed by atoms with Crippen molar-refractivity contribution in [2.24, 2.45) is 0 Å². The minimum Gasteiger partial charge on any atom is -0.354 e. The first kappa shape index (κ1) is 35.1. The maximum atomic E-state index is 4.46. The fraction of sp³-hybridized carbons (Fsp3) is 0.107. The van der Waals surface area contributed by atoms with E-state index in [2.05, 4.69) is 231 Å². The molecule has 11 rings (SSSR count). The number of nitrogens with zero attached hydrogens (tertiary/aromatic N) is 2. The molecule has 3 heteroatoms. The lowest BCUT2D eigenvalue weighted by atomic mass is 9.72. The van der Waals surface area contributed by atoms with Gasteiger partial charge in [0.2, 0.25) is 0 Å². The van der Waals surface area contributed by atoms with Gasteiger partial charge in [0.05, 0.1) is 28.1 Å². The Bertz CT molecular complexity index is 3130. The molecule has 0 bridgehead atoms. The third kappa shape index (κ3) is 5.21. The monoisotopic (exact) mass is 759 g/mol. The van der Waals surface area contributed by atoms with E-state index in [0.717, 1.165) is 33.8 Å². The number of aromatic nitrogens is 1. The van der Waals surface area contributed by atoms with Gasteiger partial charge in [0, 0.05) is 44.2 Å². The zero-order valence-corrected chi connectivity index (χ0v) is 33.9. The van der Waals surface area contributed by atoms with Crippen LogP contribution >= 0.6 is 0 Å². The van der Waals surface area contributed by atoms with Gasteiger partial charge < -0.3 is 14.8 Å². The summed E-state index contributed by atoms with van der Waals surface area (Å²) in [5.74, 6) is 0. The van der Waals surface area contributed by atoms with Crippen LogP contribution in [0.2, 0.25) is 0 Å². The van der Waals surface area contributed by atoms with Crippen molar-refractivity contribution in [2.45, 2.75) is 38.5 Å². The van der Waals surface area contributed by atoms with E-state index in [-0.39, 0.29) is 10.8 Å². The number of hydrogen-bond acceptors (Lipinski definition) is 2. The second-order valence-electron chi connectivity index (χ2n) is 17.1. The Morgan fingerprint density at radius 3 is 1.76 bits per heavy atom. The molecule has 0 spiro atoms. The van der Waals surface area contributed by atoms with E-state index in [9.17, 15) is 0 Å². The highest BCUT2D eigenvalue weighted by Crippen LogP contribution is 2.55. The molecule has 0 radical (unpaired) electrons. The average Bonchev–Trinajstić information content (AvgIpc) is 3.61. The largest absolute Gasteiger partial charge is 0.354 e. The average molecular weight is 760 g/mol. The molecule has 0 atom stereocenters. The van der Waals surface area contributed by atoms with Crippen molar-refractivity contribution in [3.8, 4) is 27.9 Å². The summed E-state index contributed by atoms with van der Waals surface area (Å²) < 4.78 is 2.47. The number of hydrogen-bond donors (Lipinski definition) is 1. The summed E-state index contributed by atoms with van der Waals surface area (Å²) in [4.78, 5) is 2.46. The van der Waals surface area contributed by atoms with Gasteiger partial charge in [-0.3, -0.25) is 0 Å². The summed E-state index contributed by atoms with van der Waals surface area (Å²) in [6.07, 6.45) is 2.05. The van der Waals surface area contributed by atoms with Crippen molar-refractivity contribution < 1.29 is 0 Å². The molecular formula is C56H45N3. The van der Waals surface area contributed by atoms with Gasteiger partial charge in [-0.2, -0.15) is 0 Å². The first-order valence-corrected chi connectivity index (χ1v) is 20.6. The highest BCUT2D eigenvalue weighted by atomic mass is 15.2. The van der Waals surface area contributed by atoms with Crippen LogP contribution in [0.25, 0.3) is 55.8 Å². The van der Waals surface area contributed by atoms with Gasteiger partial charge in [0.25, 0.3) is 0 Å². The van der Waals surface area contributed by atoms with Crippen LogP contribution in [0, 0.1) is 0 Å². The zero-order chi connectivity index (χ0) is 40.0. The summed E-state index contributed by atoms with van der Waals surface area (Å²) in [6, 6.07) is 64.5. The van der Waals surface area contributed by atoms with Crippen LogP contribution in [0.15, 0.2) is 183 Å². The maximum absolute atomic E-state index is 4.46. The lowest BCUT2D eigenvalue weighted by Crippen LogP contribution is -2.31. The van der Waals surface area contributed by atoms with Gasteiger partial charge in [-0.25, -0.2) is 0 Å². The molecular weight excluding hydrogens is 715 g/mol. The van der Waals surface area contributed by atoms with Crippen LogP contribution in [-0.4, -0.2) is 4.57 Å². The SMILES string of the molecule is C=Cc1c2c(cc3c4ccccc4n(-c4ccc5c(c4)C(C)(C)c4cc(-c6ccccc6)ccc4N5c4ccc(-c5ccccc5)cc4)c13)C(C)(C)c1ccccc1N2. The van der Waals surface area contributed by atoms with Crippen LogP contribution in [0.1, 0.15) is 55.5 Å². The lowest BCUT2D eigenvalue weighted by molar-refractivity contribution is 0.631. The number of nitrogens with one attached hydrogen (secondary N) is 1. The van der Waals surface area contributed by atoms with Gasteiger partial charge >= 0.3 is 0 Å². The number of fused-ring (bicyclic) bond motifs is 7. The molecule has 0 unspecified atom stereocenters. The molecule has 0 saturated carbocycles. The predicted molar refractivity (Wildman–Crippen MR) is 250 cm³/mol. The normalized spacial score (nSPS) is 14.5. The Hall–Kier alpha value is -7.10. The second kappa shape index (κ2) is 13.0. The zero-order valence-electron chi connectivity index (χ0n) is 33.9. The Morgan fingerprint density at radius 2 is 1.03 bits per heavy atom. The summed E-state index contributed by atoms with van der Waals surface area (Å²) in [7, 11) is 0. The lowest BCUT2D eigenvalue weighted by Gasteiger charge is -2.42. The van der Waals surface area contributed by atoms with Gasteiger partial charge in [-0.05, 0) is 105 Å². The first-order chi connectivity index (χ1) is 28.7. The predicted octanol–water partition coefficient (Wildman–Crippen LogP) is 15.3. The number of anilines is 5. The molecule has 1 N–H and O–H groups in total. The molecule has 3 heterocycles. The summed E-state index contributed by atoms with van der Waals surface area (Å²) in [5.41, 5.74) is 19.9. The fourth-order valence-electron chi connectivity index (χ4n) is 10.1. The first-order valence-electron chi connectivity index (χ1n) is 20.6. The molecule has 0 fully saturated rings. The number of benzene rings is 8. The van der Waals surface area contributed by atoms with Crippen LogP contribution in [-0.2, 0) is 10.8 Å². The molecule has 284 valence electrons. The Balaban J connectivity index is 1.15. The fourth-order valence-corrected chi connectivity index (χ4v) is 10.1. The summed E-state index contributed by atoms with van der Waals surface area (Å²) in [5, 5.41) is 6.34. The maximum Gasteiger partial charge on any atom is 0.0634 e. The highest BCUT2D eigenvalue weighted by molar-refractivity contribution is 6.14. The second-order valence-corrected chi connectivity index (χ2v) is 17.1. The summed E-state index contributed by atoms with van der Waals surface area (Å²) in [6.45, 7) is 13.9. The molecule has 0 saturated heterocycles. The van der Waals surface area contributed by atoms with Crippen LogP contribution in [0.4, 0.5) is 28.4 Å². The Morgan fingerprint density at radius 1 is 0.475 bits per heavy atom. The summed E-state index contributed by atoms with van der Waals surface area (Å²) >= 11 is 0. The standard InChI is InChI=1S/C56H45N3/c1-6-42-53-48(55(2,3)45-22-14-15-23-49(45)57-53)35-44-43-21-13-16-24-50(43)59(54(42)44)41-30-32-52-47(34-41)56(4,5)46-33-39(37-19-11-8-12-20-37)27-31-51(46)58(52)40-28-25-38(26-29-40)36-17-9-7-10-18-36/h6-35,57H,1H2,2-5H3. The van der Waals surface area contributed by atoms with Crippen molar-refractivity contribution in [3.63, 3.8) is 0 Å². The molecule has 1 aromatic heterocycles. The van der Waals surface area contributed by atoms with E-state index in [1.54, 1.807) is 0 Å². The Labute approximate surface area is 346 Å². The van der Waals surface area contributed by atoms with Crippen molar-refractivity contribution in [1.82, 2.24) is 4.57 Å². The van der Waals surface area contributed by atoms with E-state index in [1.165, 1.54) is 72.2 Å². The molecule has 2 aliphatic rings. The van der Waals surface area contributed by atoms with Crippen molar-refractivity contribution in [3.05, 3.63) is 210 Å². The highest BCUT2D eigenvalue weighted by Gasteiger charge is 2.39. The van der Waals surface area contributed by atoms with Crippen LogP contribution in [0.3, 0.4) is 0 Å². The molecule has 9 aromatic rings. The quantitative estimate of drug-likeness (QED) is 0.189. The van der Waals surface area contributed by atoms with Gasteiger partial charge in [-0.15, -0.1) is 0 Å². The van der Waals surface area contributed by atoms with Gasteiger partial charge in [0.15, 0.2) is 0 Å². The number of para-hydroxylation sites is 2. The van der Waals surface area contributed by atoms with Gasteiger partial charge in [-0.1, -0.05) is 156 Å². The molecule has 3 nitrogen and oxygen atoms in total. The topological polar surface area (TPSA) is 20.2 Å². The smallest absolute Gasteiger partial charge is 0.0634 e. The van der Waals surface area contributed by atoms with E-state index in [0.29, 0.717) is 0 Å². The van der Waals surface area contributed by atoms with Crippen LogP contribution in [0.5, 0.6) is 0 Å². The minimum atomic E-state index is -0.319. The van der Waals surface area contributed by atoms with E-state index >= 15 is 0 Å². The van der Waals surface area contributed by atoms with Crippen molar-refractivity contribution in [2.75, 3.05) is 10.2 Å². The molecule has 8 aromatic carbocycles.